The van der Waals surface area contributed by atoms with E-state index in [1.54, 1.807) is 6.07 Å². The fourth-order valence-electron chi connectivity index (χ4n) is 3.09. The molecule has 0 aliphatic carbocycles. The first kappa shape index (κ1) is 24.4. The molecular weight excluding hydrogens is 419 g/mol. The van der Waals surface area contributed by atoms with Crippen LogP contribution in [0.2, 0.25) is 0 Å². The number of hydrogen-bond donors (Lipinski definition) is 0. The van der Waals surface area contributed by atoms with Gasteiger partial charge in [0.1, 0.15) is 11.6 Å². The first-order valence-electron chi connectivity index (χ1n) is 9.94. The standard InChI is InChI=1S/C22H26BrFO2.C2H6/c1-5-19(20(7-6-10-23)15(4)14(2)3)22(25)17-11-16-12-18(24)8-9-21(16)26-13-17;1-2/h5-9,12,14,17H,10-11,13H2,1-4H3;1-2H3/b7-6-,19-5+,20-15-;. The van der Waals surface area contributed by atoms with Crippen LogP contribution in [0.3, 0.4) is 0 Å². The molecule has 1 aliphatic rings. The van der Waals surface area contributed by atoms with E-state index < -0.39 is 0 Å². The van der Waals surface area contributed by atoms with E-state index in [0.29, 0.717) is 30.3 Å². The van der Waals surface area contributed by atoms with Crippen molar-refractivity contribution in [1.29, 1.82) is 0 Å². The molecule has 0 amide bonds. The summed E-state index contributed by atoms with van der Waals surface area (Å²) in [5, 5.41) is 0.728. The molecule has 4 heteroatoms. The number of carbonyl (C=O) groups is 1. The van der Waals surface area contributed by atoms with Gasteiger partial charge in [0, 0.05) is 10.9 Å². The summed E-state index contributed by atoms with van der Waals surface area (Å²) in [6.45, 7) is 12.5. The van der Waals surface area contributed by atoms with Crippen LogP contribution in [0.4, 0.5) is 4.39 Å². The Labute approximate surface area is 177 Å². The monoisotopic (exact) mass is 450 g/mol. The number of alkyl halides is 1. The molecule has 28 heavy (non-hydrogen) atoms. The van der Waals surface area contributed by atoms with Crippen LogP contribution >= 0.6 is 15.9 Å². The van der Waals surface area contributed by atoms with Gasteiger partial charge in [-0.15, -0.1) is 0 Å². The molecule has 154 valence electrons. The Kier molecular flexibility index (Phi) is 10.4. The summed E-state index contributed by atoms with van der Waals surface area (Å²) >= 11 is 3.40. The smallest absolute Gasteiger partial charge is 0.169 e. The maximum Gasteiger partial charge on any atom is 0.169 e. The summed E-state index contributed by atoms with van der Waals surface area (Å²) in [5.41, 5.74) is 3.61. The second kappa shape index (κ2) is 12.0. The predicted octanol–water partition coefficient (Wildman–Crippen LogP) is 6.84. The minimum atomic E-state index is -0.303. The highest BCUT2D eigenvalue weighted by molar-refractivity contribution is 9.09. The third kappa shape index (κ3) is 6.16. The Balaban J connectivity index is 0.00000190. The number of Topliss-reactive ketones (excluding diaryl/α,β-unsaturated/α-hetero) is 1. The number of hydrogen-bond acceptors (Lipinski definition) is 2. The highest BCUT2D eigenvalue weighted by Gasteiger charge is 2.29. The predicted molar refractivity (Wildman–Crippen MR) is 120 cm³/mol. The molecule has 0 saturated carbocycles. The van der Waals surface area contributed by atoms with E-state index >= 15 is 0 Å². The molecule has 1 atom stereocenters. The Morgan fingerprint density at radius 1 is 1.36 bits per heavy atom. The zero-order chi connectivity index (χ0) is 21.3. The van der Waals surface area contributed by atoms with Crippen molar-refractivity contribution < 1.29 is 13.9 Å². The van der Waals surface area contributed by atoms with E-state index in [0.717, 1.165) is 16.5 Å². The maximum absolute atomic E-state index is 13.5. The number of fused-ring (bicyclic) bond motifs is 1. The second-order valence-electron chi connectivity index (χ2n) is 6.84. The largest absolute Gasteiger partial charge is 0.493 e. The van der Waals surface area contributed by atoms with E-state index in [1.165, 1.54) is 17.7 Å². The summed E-state index contributed by atoms with van der Waals surface area (Å²) in [6, 6.07) is 4.48. The van der Waals surface area contributed by atoms with Crippen molar-refractivity contribution in [2.75, 3.05) is 11.9 Å². The molecule has 1 aliphatic heterocycles. The van der Waals surface area contributed by atoms with E-state index in [9.17, 15) is 9.18 Å². The molecule has 0 radical (unpaired) electrons. The van der Waals surface area contributed by atoms with Crippen LogP contribution in [-0.4, -0.2) is 17.7 Å². The number of benzene rings is 1. The molecule has 1 aromatic carbocycles. The fraction of sp³-hybridized carbons (Fsp3) is 0.458. The Morgan fingerprint density at radius 3 is 2.61 bits per heavy atom. The molecule has 0 saturated heterocycles. The summed E-state index contributed by atoms with van der Waals surface area (Å²) in [6.07, 6.45) is 6.39. The van der Waals surface area contributed by atoms with Crippen molar-refractivity contribution >= 4 is 21.7 Å². The van der Waals surface area contributed by atoms with Crippen molar-refractivity contribution in [2.45, 2.75) is 48.0 Å². The van der Waals surface area contributed by atoms with Gasteiger partial charge in [0.05, 0.1) is 12.5 Å². The first-order chi connectivity index (χ1) is 13.4. The van der Waals surface area contributed by atoms with Gasteiger partial charge in [-0.05, 0) is 55.5 Å². The van der Waals surface area contributed by atoms with Gasteiger partial charge in [-0.3, -0.25) is 4.79 Å². The topological polar surface area (TPSA) is 26.3 Å². The van der Waals surface area contributed by atoms with Crippen LogP contribution in [0.15, 0.2) is 53.1 Å². The van der Waals surface area contributed by atoms with Crippen LogP contribution in [0, 0.1) is 17.7 Å². The molecule has 0 bridgehead atoms. The molecule has 1 heterocycles. The Morgan fingerprint density at radius 2 is 2.04 bits per heavy atom. The molecular formula is C24H32BrFO2. The number of ether oxygens (including phenoxy) is 1. The fourth-order valence-corrected chi connectivity index (χ4v) is 3.28. The minimum absolute atomic E-state index is 0.0524. The molecule has 2 rings (SSSR count). The van der Waals surface area contributed by atoms with Gasteiger partial charge in [-0.25, -0.2) is 4.39 Å². The second-order valence-corrected chi connectivity index (χ2v) is 7.49. The molecule has 1 aromatic rings. The SMILES string of the molecule is CC.C\C=C(C(=O)C1COc2ccc(F)cc2C1)/C(/C=C\CBr)=C(/C)C(C)C. The average molecular weight is 451 g/mol. The Bertz CT molecular complexity index is 760. The zero-order valence-electron chi connectivity index (χ0n) is 17.8. The Hall–Kier alpha value is -1.68. The van der Waals surface area contributed by atoms with E-state index in [2.05, 4.69) is 36.7 Å². The molecule has 0 aromatic heterocycles. The van der Waals surface area contributed by atoms with E-state index in [4.69, 9.17) is 4.74 Å². The van der Waals surface area contributed by atoms with Crippen molar-refractivity contribution in [3.63, 3.8) is 0 Å². The van der Waals surface area contributed by atoms with Crippen molar-refractivity contribution in [1.82, 2.24) is 0 Å². The minimum Gasteiger partial charge on any atom is -0.493 e. The molecule has 0 N–H and O–H groups in total. The van der Waals surface area contributed by atoms with E-state index in [-0.39, 0.29) is 17.5 Å². The number of halogens is 2. The van der Waals surface area contributed by atoms with Gasteiger partial charge >= 0.3 is 0 Å². The van der Waals surface area contributed by atoms with E-state index in [1.807, 2.05) is 39.0 Å². The van der Waals surface area contributed by atoms with Gasteiger partial charge in [-0.2, -0.15) is 0 Å². The van der Waals surface area contributed by atoms with Crippen LogP contribution in [-0.2, 0) is 11.2 Å². The van der Waals surface area contributed by atoms with Crippen molar-refractivity contribution in [2.24, 2.45) is 11.8 Å². The number of allylic oxidation sites excluding steroid dienone is 6. The van der Waals surface area contributed by atoms with Crippen molar-refractivity contribution in [3.8, 4) is 5.75 Å². The van der Waals surface area contributed by atoms with Crippen LogP contribution < -0.4 is 4.74 Å². The lowest BCUT2D eigenvalue weighted by atomic mass is 9.84. The lowest BCUT2D eigenvalue weighted by molar-refractivity contribution is -0.120. The van der Waals surface area contributed by atoms with Crippen LogP contribution in [0.5, 0.6) is 5.75 Å². The highest BCUT2D eigenvalue weighted by Crippen LogP contribution is 2.32. The first-order valence-corrected chi connectivity index (χ1v) is 11.1. The van der Waals surface area contributed by atoms with Gasteiger partial charge in [-0.1, -0.05) is 67.4 Å². The lowest BCUT2D eigenvalue weighted by Crippen LogP contribution is -2.30. The molecule has 1 unspecified atom stereocenters. The number of carbonyl (C=O) groups excluding carboxylic acids is 1. The normalized spacial score (nSPS) is 17.5. The highest BCUT2D eigenvalue weighted by atomic mass is 79.9. The van der Waals surface area contributed by atoms with Gasteiger partial charge in [0.2, 0.25) is 0 Å². The molecule has 2 nitrogen and oxygen atoms in total. The number of ketones is 1. The third-order valence-corrected chi connectivity index (χ3v) is 5.18. The lowest BCUT2D eigenvalue weighted by Gasteiger charge is -2.26. The summed E-state index contributed by atoms with van der Waals surface area (Å²) in [5.74, 6) is 0.457. The average Bonchev–Trinajstić information content (AvgIpc) is 2.71. The number of rotatable bonds is 6. The quantitative estimate of drug-likeness (QED) is 0.269. The molecule has 0 spiro atoms. The van der Waals surface area contributed by atoms with Crippen LogP contribution in [0.25, 0.3) is 0 Å². The van der Waals surface area contributed by atoms with Crippen molar-refractivity contribution in [3.05, 3.63) is 64.5 Å². The van der Waals surface area contributed by atoms with Gasteiger partial charge in [0.25, 0.3) is 0 Å². The van der Waals surface area contributed by atoms with Gasteiger partial charge in [0.15, 0.2) is 5.78 Å². The molecule has 0 fully saturated rings. The summed E-state index contributed by atoms with van der Waals surface area (Å²) in [7, 11) is 0. The summed E-state index contributed by atoms with van der Waals surface area (Å²) in [4.78, 5) is 13.2. The third-order valence-electron chi connectivity index (χ3n) is 4.81. The summed E-state index contributed by atoms with van der Waals surface area (Å²) < 4.78 is 19.3. The van der Waals surface area contributed by atoms with Crippen LogP contribution in [0.1, 0.15) is 47.1 Å². The van der Waals surface area contributed by atoms with Gasteiger partial charge < -0.3 is 4.74 Å². The maximum atomic E-state index is 13.5. The zero-order valence-corrected chi connectivity index (χ0v) is 19.4.